The number of non-ortho nitro benzene ring substituents is 1. The van der Waals surface area contributed by atoms with Crippen LogP contribution in [0.1, 0.15) is 23.7 Å². The quantitative estimate of drug-likeness (QED) is 0.661. The lowest BCUT2D eigenvalue weighted by atomic mass is 9.90. The molecule has 0 saturated carbocycles. The van der Waals surface area contributed by atoms with Crippen LogP contribution in [0, 0.1) is 15.5 Å². The van der Waals surface area contributed by atoms with E-state index in [0.29, 0.717) is 17.4 Å². The molecule has 1 fully saturated rings. The molecule has 0 aromatic heterocycles. The first kappa shape index (κ1) is 15.4. The molecule has 7 nitrogen and oxygen atoms in total. The minimum absolute atomic E-state index is 0.0987. The molecule has 112 valence electrons. The average Bonchev–Trinajstić information content (AvgIpc) is 2.81. The highest BCUT2D eigenvalue weighted by Gasteiger charge is 2.42. The van der Waals surface area contributed by atoms with Crippen LogP contribution in [0.2, 0.25) is 0 Å². The van der Waals surface area contributed by atoms with Crippen molar-refractivity contribution in [3.05, 3.63) is 38.3 Å². The second-order valence-corrected chi connectivity index (χ2v) is 6.21. The largest absolute Gasteiger partial charge is 0.481 e. The molecular weight excluding hydrogens is 344 g/mol. The number of rotatable bonds is 3. The van der Waals surface area contributed by atoms with Crippen LogP contribution in [0.15, 0.2) is 22.7 Å². The lowest BCUT2D eigenvalue weighted by Crippen LogP contribution is -2.34. The maximum Gasteiger partial charge on any atom is 0.311 e. The number of nitro benzene ring substituents is 1. The van der Waals surface area contributed by atoms with Gasteiger partial charge in [-0.25, -0.2) is 0 Å². The first-order valence-corrected chi connectivity index (χ1v) is 7.00. The Bertz CT molecular complexity index is 633. The van der Waals surface area contributed by atoms with Crippen molar-refractivity contribution in [2.45, 2.75) is 13.3 Å². The number of likely N-dealkylation sites (tertiary alicyclic amines) is 1. The Hall–Kier alpha value is -1.96. The zero-order valence-corrected chi connectivity index (χ0v) is 12.8. The lowest BCUT2D eigenvalue weighted by Gasteiger charge is -2.20. The number of aliphatic carboxylic acids is 1. The molecule has 1 heterocycles. The Balaban J connectivity index is 2.26. The average molecular weight is 357 g/mol. The number of amides is 1. The van der Waals surface area contributed by atoms with Gasteiger partial charge in [0.05, 0.1) is 10.3 Å². The molecule has 1 aliphatic heterocycles. The van der Waals surface area contributed by atoms with Crippen LogP contribution in [0.3, 0.4) is 0 Å². The Kier molecular flexibility index (Phi) is 3.99. The Labute approximate surface area is 128 Å². The van der Waals surface area contributed by atoms with Gasteiger partial charge in [0.25, 0.3) is 11.6 Å². The Morgan fingerprint density at radius 2 is 2.10 bits per heavy atom. The zero-order valence-electron chi connectivity index (χ0n) is 11.2. The van der Waals surface area contributed by atoms with Gasteiger partial charge in [-0.15, -0.1) is 0 Å². The summed E-state index contributed by atoms with van der Waals surface area (Å²) in [7, 11) is 0. The summed E-state index contributed by atoms with van der Waals surface area (Å²) < 4.78 is 0.431. The van der Waals surface area contributed by atoms with Crippen molar-refractivity contribution in [3.8, 4) is 0 Å². The summed E-state index contributed by atoms with van der Waals surface area (Å²) in [6.45, 7) is 2.01. The smallest absolute Gasteiger partial charge is 0.311 e. The highest BCUT2D eigenvalue weighted by molar-refractivity contribution is 9.10. The predicted molar refractivity (Wildman–Crippen MR) is 77.1 cm³/mol. The molecule has 0 spiro atoms. The van der Waals surface area contributed by atoms with Gasteiger partial charge in [0.2, 0.25) is 0 Å². The number of hydrogen-bond acceptors (Lipinski definition) is 4. The molecule has 0 bridgehead atoms. The fraction of sp³-hybridized carbons (Fsp3) is 0.385. The number of benzene rings is 1. The molecule has 1 unspecified atom stereocenters. The summed E-state index contributed by atoms with van der Waals surface area (Å²) in [5.74, 6) is -1.35. The predicted octanol–water partition coefficient (Wildman–Crippen LogP) is 2.29. The number of carbonyl (C=O) groups is 2. The van der Waals surface area contributed by atoms with Gasteiger partial charge < -0.3 is 10.0 Å². The van der Waals surface area contributed by atoms with Crippen LogP contribution in [0.25, 0.3) is 0 Å². The number of hydrogen-bond donors (Lipinski definition) is 1. The summed E-state index contributed by atoms with van der Waals surface area (Å²) in [6, 6.07) is 4.00. The summed E-state index contributed by atoms with van der Waals surface area (Å²) >= 11 is 3.13. The normalized spacial score (nSPS) is 21.3. The first-order valence-electron chi connectivity index (χ1n) is 6.20. The number of nitrogens with zero attached hydrogens (tertiary/aromatic N) is 2. The van der Waals surface area contributed by atoms with E-state index in [1.165, 1.54) is 23.1 Å². The molecule has 8 heteroatoms. The molecule has 0 radical (unpaired) electrons. The summed E-state index contributed by atoms with van der Waals surface area (Å²) in [5.41, 5.74) is -0.980. The van der Waals surface area contributed by atoms with E-state index >= 15 is 0 Å². The van der Waals surface area contributed by atoms with E-state index in [1.807, 2.05) is 0 Å². The van der Waals surface area contributed by atoms with Crippen LogP contribution in [-0.2, 0) is 4.79 Å². The van der Waals surface area contributed by atoms with Gasteiger partial charge in [0.15, 0.2) is 0 Å². The van der Waals surface area contributed by atoms with Gasteiger partial charge in [-0.2, -0.15) is 0 Å². The molecule has 2 rings (SSSR count). The van der Waals surface area contributed by atoms with Crippen LogP contribution in [0.5, 0.6) is 0 Å². The van der Waals surface area contributed by atoms with Gasteiger partial charge in [0, 0.05) is 35.3 Å². The third-order valence-corrected chi connectivity index (χ3v) is 4.08. The molecule has 1 aromatic rings. The summed E-state index contributed by atoms with van der Waals surface area (Å²) in [5, 5.41) is 20.0. The lowest BCUT2D eigenvalue weighted by molar-refractivity contribution is -0.385. The second kappa shape index (κ2) is 5.44. The topological polar surface area (TPSA) is 101 Å². The first-order chi connectivity index (χ1) is 9.73. The van der Waals surface area contributed by atoms with Gasteiger partial charge >= 0.3 is 5.97 Å². The SMILES string of the molecule is CC1(C(=O)O)CCN(C(=O)c2cc(Br)cc([N+](=O)[O-])c2)C1. The highest BCUT2D eigenvalue weighted by atomic mass is 79.9. The van der Waals surface area contributed by atoms with Crippen LogP contribution in [-0.4, -0.2) is 39.9 Å². The minimum Gasteiger partial charge on any atom is -0.481 e. The summed E-state index contributed by atoms with van der Waals surface area (Å²) in [6.07, 6.45) is 0.365. The van der Waals surface area contributed by atoms with Crippen molar-refractivity contribution in [1.82, 2.24) is 4.90 Å². The van der Waals surface area contributed by atoms with Crippen molar-refractivity contribution >= 4 is 33.5 Å². The van der Waals surface area contributed by atoms with Crippen molar-refractivity contribution in [1.29, 1.82) is 0 Å². The third-order valence-electron chi connectivity index (χ3n) is 3.62. The number of carbonyl (C=O) groups excluding carboxylic acids is 1. The van der Waals surface area contributed by atoms with E-state index in [-0.39, 0.29) is 17.8 Å². The van der Waals surface area contributed by atoms with E-state index in [4.69, 9.17) is 5.11 Å². The maximum atomic E-state index is 12.4. The molecule has 1 atom stereocenters. The number of carboxylic acid groups (broad SMARTS) is 1. The summed E-state index contributed by atoms with van der Waals surface area (Å²) in [4.78, 5) is 35.2. The Morgan fingerprint density at radius 1 is 1.43 bits per heavy atom. The van der Waals surface area contributed by atoms with Crippen molar-refractivity contribution in [2.24, 2.45) is 5.41 Å². The van der Waals surface area contributed by atoms with Crippen molar-refractivity contribution < 1.29 is 19.6 Å². The molecule has 1 saturated heterocycles. The van der Waals surface area contributed by atoms with E-state index < -0.39 is 22.2 Å². The highest BCUT2D eigenvalue weighted by Crippen LogP contribution is 2.32. The molecule has 0 aliphatic carbocycles. The molecular formula is C13H13BrN2O5. The van der Waals surface area contributed by atoms with Gasteiger partial charge in [0.1, 0.15) is 0 Å². The van der Waals surface area contributed by atoms with Crippen LogP contribution < -0.4 is 0 Å². The van der Waals surface area contributed by atoms with Gasteiger partial charge in [-0.1, -0.05) is 15.9 Å². The Morgan fingerprint density at radius 3 is 2.62 bits per heavy atom. The molecule has 21 heavy (non-hydrogen) atoms. The third kappa shape index (κ3) is 3.05. The molecule has 1 N–H and O–H groups in total. The molecule has 1 aliphatic rings. The number of halogens is 1. The van der Waals surface area contributed by atoms with Crippen LogP contribution in [0.4, 0.5) is 5.69 Å². The van der Waals surface area contributed by atoms with Crippen molar-refractivity contribution in [2.75, 3.05) is 13.1 Å². The van der Waals surface area contributed by atoms with Gasteiger partial charge in [-0.05, 0) is 19.4 Å². The van der Waals surface area contributed by atoms with Gasteiger partial charge in [-0.3, -0.25) is 19.7 Å². The number of carboxylic acids is 1. The fourth-order valence-corrected chi connectivity index (χ4v) is 2.78. The number of nitro groups is 1. The second-order valence-electron chi connectivity index (χ2n) is 5.30. The molecule has 1 amide bonds. The molecule has 1 aromatic carbocycles. The fourth-order valence-electron chi connectivity index (χ4n) is 2.29. The van der Waals surface area contributed by atoms with Crippen molar-refractivity contribution in [3.63, 3.8) is 0 Å². The monoisotopic (exact) mass is 356 g/mol. The van der Waals surface area contributed by atoms with Crippen LogP contribution >= 0.6 is 15.9 Å². The zero-order chi connectivity index (χ0) is 15.8. The van der Waals surface area contributed by atoms with E-state index in [9.17, 15) is 19.7 Å². The van der Waals surface area contributed by atoms with E-state index in [1.54, 1.807) is 6.92 Å². The van der Waals surface area contributed by atoms with E-state index in [0.717, 1.165) is 0 Å². The van der Waals surface area contributed by atoms with E-state index in [2.05, 4.69) is 15.9 Å². The minimum atomic E-state index is -0.965. The standard InChI is InChI=1S/C13H13BrN2O5/c1-13(12(18)19)2-3-15(7-13)11(17)8-4-9(14)6-10(5-8)16(20)21/h4-6H,2-3,7H2,1H3,(H,18,19). The maximum absolute atomic E-state index is 12.4.